The highest BCUT2D eigenvalue weighted by Crippen LogP contribution is 2.31. The summed E-state index contributed by atoms with van der Waals surface area (Å²) in [5.74, 6) is 0.908. The summed E-state index contributed by atoms with van der Waals surface area (Å²) in [5, 5.41) is 9.50. The number of rotatable bonds is 4. The molecule has 1 N–H and O–H groups in total. The first kappa shape index (κ1) is 15.5. The second kappa shape index (κ2) is 6.74. The van der Waals surface area contributed by atoms with E-state index < -0.39 is 0 Å². The van der Waals surface area contributed by atoms with Crippen molar-refractivity contribution in [2.45, 2.75) is 20.0 Å². The van der Waals surface area contributed by atoms with Crippen LogP contribution < -0.4 is 4.90 Å². The smallest absolute Gasteiger partial charge is 0.227 e. The maximum absolute atomic E-state index is 12.1. The zero-order valence-corrected chi connectivity index (χ0v) is 13.5. The molecule has 1 saturated heterocycles. The molecule has 1 aromatic carbocycles. The fraction of sp³-hybridized carbons (Fsp3) is 0.429. The minimum atomic E-state index is -0.106. The maximum atomic E-state index is 12.1. The van der Waals surface area contributed by atoms with Crippen LogP contribution in [-0.2, 0) is 16.2 Å². The molecule has 4 nitrogen and oxygen atoms in total. The van der Waals surface area contributed by atoms with Gasteiger partial charge in [-0.15, -0.1) is 0 Å². The SMILES string of the molecule is CC(=O)SCC1CC(=O)N(c2ccc(Br)cc2CO)C1. The zero-order chi connectivity index (χ0) is 14.7. The Morgan fingerprint density at radius 2 is 2.30 bits per heavy atom. The molecule has 1 aromatic rings. The number of thioether (sulfide) groups is 1. The van der Waals surface area contributed by atoms with Gasteiger partial charge >= 0.3 is 0 Å². The number of halogens is 1. The van der Waals surface area contributed by atoms with E-state index in [0.29, 0.717) is 18.7 Å². The van der Waals surface area contributed by atoms with Crippen LogP contribution in [0.2, 0.25) is 0 Å². The molecule has 0 saturated carbocycles. The van der Waals surface area contributed by atoms with Gasteiger partial charge in [-0.1, -0.05) is 27.7 Å². The van der Waals surface area contributed by atoms with Gasteiger partial charge in [-0.3, -0.25) is 9.59 Å². The van der Waals surface area contributed by atoms with Crippen LogP contribution in [0.4, 0.5) is 5.69 Å². The van der Waals surface area contributed by atoms with Crippen molar-refractivity contribution in [2.75, 3.05) is 17.2 Å². The Morgan fingerprint density at radius 3 is 2.95 bits per heavy atom. The number of aliphatic hydroxyl groups excluding tert-OH is 1. The molecule has 1 amide bonds. The van der Waals surface area contributed by atoms with Gasteiger partial charge in [0.25, 0.3) is 0 Å². The van der Waals surface area contributed by atoms with E-state index in [1.807, 2.05) is 18.2 Å². The molecule has 1 aliphatic rings. The summed E-state index contributed by atoms with van der Waals surface area (Å²) >= 11 is 4.62. The Bertz CT molecular complexity index is 535. The van der Waals surface area contributed by atoms with Crippen molar-refractivity contribution in [1.82, 2.24) is 0 Å². The molecule has 0 aliphatic carbocycles. The van der Waals surface area contributed by atoms with Crippen LogP contribution in [0.3, 0.4) is 0 Å². The lowest BCUT2D eigenvalue weighted by Crippen LogP contribution is -2.26. The highest BCUT2D eigenvalue weighted by Gasteiger charge is 2.31. The average Bonchev–Trinajstić information content (AvgIpc) is 2.77. The maximum Gasteiger partial charge on any atom is 0.227 e. The van der Waals surface area contributed by atoms with Crippen LogP contribution in [0, 0.1) is 5.92 Å². The molecule has 1 aliphatic heterocycles. The first-order valence-electron chi connectivity index (χ1n) is 6.34. The summed E-state index contributed by atoms with van der Waals surface area (Å²) in [5.41, 5.74) is 1.49. The van der Waals surface area contributed by atoms with E-state index in [9.17, 15) is 14.7 Å². The Kier molecular flexibility index (Phi) is 5.23. The molecule has 1 unspecified atom stereocenters. The number of hydrogen-bond acceptors (Lipinski definition) is 4. The molecule has 1 atom stereocenters. The van der Waals surface area contributed by atoms with Gasteiger partial charge in [-0.25, -0.2) is 0 Å². The van der Waals surface area contributed by atoms with Gasteiger partial charge in [0.1, 0.15) is 0 Å². The molecule has 20 heavy (non-hydrogen) atoms. The summed E-state index contributed by atoms with van der Waals surface area (Å²) in [6.07, 6.45) is 0.460. The van der Waals surface area contributed by atoms with Crippen LogP contribution in [0.5, 0.6) is 0 Å². The van der Waals surface area contributed by atoms with E-state index in [-0.39, 0.29) is 23.5 Å². The number of benzene rings is 1. The number of carbonyl (C=O) groups is 2. The number of nitrogens with zero attached hydrogens (tertiary/aromatic N) is 1. The van der Waals surface area contributed by atoms with E-state index in [4.69, 9.17) is 0 Å². The van der Waals surface area contributed by atoms with Gasteiger partial charge < -0.3 is 10.0 Å². The molecule has 1 fully saturated rings. The first-order chi connectivity index (χ1) is 9.51. The van der Waals surface area contributed by atoms with Crippen molar-refractivity contribution in [3.8, 4) is 0 Å². The first-order valence-corrected chi connectivity index (χ1v) is 8.12. The third kappa shape index (κ3) is 3.62. The van der Waals surface area contributed by atoms with Crippen molar-refractivity contribution in [2.24, 2.45) is 5.92 Å². The number of aliphatic hydroxyl groups is 1. The lowest BCUT2D eigenvalue weighted by atomic mass is 10.1. The summed E-state index contributed by atoms with van der Waals surface area (Å²) < 4.78 is 0.876. The summed E-state index contributed by atoms with van der Waals surface area (Å²) in [4.78, 5) is 24.8. The molecule has 0 bridgehead atoms. The number of anilines is 1. The van der Waals surface area contributed by atoms with Crippen LogP contribution in [0.25, 0.3) is 0 Å². The number of amides is 1. The van der Waals surface area contributed by atoms with Crippen molar-refractivity contribution >= 4 is 44.4 Å². The highest BCUT2D eigenvalue weighted by atomic mass is 79.9. The van der Waals surface area contributed by atoms with E-state index in [2.05, 4.69) is 15.9 Å². The van der Waals surface area contributed by atoms with Gasteiger partial charge in [0.15, 0.2) is 5.12 Å². The lowest BCUT2D eigenvalue weighted by molar-refractivity contribution is -0.117. The summed E-state index contributed by atoms with van der Waals surface area (Å²) in [6, 6.07) is 5.52. The third-order valence-electron chi connectivity index (χ3n) is 3.23. The molecule has 0 radical (unpaired) electrons. The zero-order valence-electron chi connectivity index (χ0n) is 11.1. The van der Waals surface area contributed by atoms with Gasteiger partial charge in [-0.2, -0.15) is 0 Å². The minimum absolute atomic E-state index is 0.0520. The van der Waals surface area contributed by atoms with Gasteiger partial charge in [0.05, 0.1) is 6.61 Å². The van der Waals surface area contributed by atoms with Crippen molar-refractivity contribution < 1.29 is 14.7 Å². The Hall–Kier alpha value is -0.850. The van der Waals surface area contributed by atoms with E-state index in [1.165, 1.54) is 18.7 Å². The largest absolute Gasteiger partial charge is 0.392 e. The summed E-state index contributed by atoms with van der Waals surface area (Å²) in [7, 11) is 0. The average molecular weight is 358 g/mol. The topological polar surface area (TPSA) is 57.6 Å². The summed E-state index contributed by atoms with van der Waals surface area (Å²) in [6.45, 7) is 2.04. The third-order valence-corrected chi connectivity index (χ3v) is 4.77. The van der Waals surface area contributed by atoms with Crippen LogP contribution in [0.15, 0.2) is 22.7 Å². The fourth-order valence-corrected chi connectivity index (χ4v) is 3.41. The molecule has 0 aromatic heterocycles. The number of hydrogen-bond donors (Lipinski definition) is 1. The van der Waals surface area contributed by atoms with Crippen LogP contribution in [-0.4, -0.2) is 28.4 Å². The molecule has 6 heteroatoms. The van der Waals surface area contributed by atoms with Crippen molar-refractivity contribution in [3.05, 3.63) is 28.2 Å². The second-order valence-corrected chi connectivity index (χ2v) is 6.92. The van der Waals surface area contributed by atoms with Crippen molar-refractivity contribution in [3.63, 3.8) is 0 Å². The molecular formula is C14H16BrNO3S. The van der Waals surface area contributed by atoms with Crippen molar-refractivity contribution in [1.29, 1.82) is 0 Å². The van der Waals surface area contributed by atoms with Gasteiger partial charge in [0.2, 0.25) is 5.91 Å². The second-order valence-electron chi connectivity index (χ2n) is 4.81. The lowest BCUT2D eigenvalue weighted by Gasteiger charge is -2.20. The van der Waals surface area contributed by atoms with Crippen LogP contribution >= 0.6 is 27.7 Å². The quantitative estimate of drug-likeness (QED) is 0.899. The predicted molar refractivity (Wildman–Crippen MR) is 83.7 cm³/mol. The predicted octanol–water partition coefficient (Wildman–Crippen LogP) is 2.57. The van der Waals surface area contributed by atoms with E-state index >= 15 is 0 Å². The number of carbonyl (C=O) groups excluding carboxylic acids is 2. The Labute approximate surface area is 130 Å². The van der Waals surface area contributed by atoms with Crippen LogP contribution in [0.1, 0.15) is 18.9 Å². The Morgan fingerprint density at radius 1 is 1.55 bits per heavy atom. The van der Waals surface area contributed by atoms with Gasteiger partial charge in [-0.05, 0) is 24.1 Å². The molecule has 0 spiro atoms. The molecule has 108 valence electrons. The molecule has 1 heterocycles. The monoisotopic (exact) mass is 357 g/mol. The molecular weight excluding hydrogens is 342 g/mol. The van der Waals surface area contributed by atoms with E-state index in [1.54, 1.807) is 4.90 Å². The van der Waals surface area contributed by atoms with E-state index in [0.717, 1.165) is 15.7 Å². The minimum Gasteiger partial charge on any atom is -0.392 e. The normalized spacial score (nSPS) is 18.6. The standard InChI is InChI=1S/C14H16BrNO3S/c1-9(18)20-8-10-4-14(19)16(6-10)13-3-2-12(15)5-11(13)7-17/h2-3,5,10,17H,4,6-8H2,1H3. The Balaban J connectivity index is 2.13. The highest BCUT2D eigenvalue weighted by molar-refractivity contribution is 9.10. The fourth-order valence-electron chi connectivity index (χ4n) is 2.31. The molecule has 2 rings (SSSR count). The van der Waals surface area contributed by atoms with Gasteiger partial charge in [0, 0.05) is 41.4 Å².